The van der Waals surface area contributed by atoms with Crippen LogP contribution in [-0.4, -0.2) is 43.0 Å². The molecule has 0 aliphatic heterocycles. The lowest BCUT2D eigenvalue weighted by atomic mass is 9.89. The number of amides is 1. The van der Waals surface area contributed by atoms with Crippen molar-refractivity contribution >= 4 is 50.7 Å². The summed E-state index contributed by atoms with van der Waals surface area (Å²) in [6.45, 7) is 2.27. The molecule has 1 atom stereocenters. The predicted octanol–water partition coefficient (Wildman–Crippen LogP) is 4.15. The van der Waals surface area contributed by atoms with Crippen molar-refractivity contribution < 1.29 is 19.0 Å². The second-order valence-corrected chi connectivity index (χ2v) is 9.70. The number of aromatic nitrogens is 2. The molecule has 0 saturated carbocycles. The fourth-order valence-corrected chi connectivity index (χ4v) is 5.99. The Morgan fingerprint density at radius 2 is 1.94 bits per heavy atom. The molecule has 0 fully saturated rings. The highest BCUT2D eigenvalue weighted by Gasteiger charge is 2.23. The van der Waals surface area contributed by atoms with Crippen LogP contribution in [0.2, 0.25) is 0 Å². The number of carbonyl (C=O) groups is 1. The Morgan fingerprint density at radius 3 is 2.59 bits per heavy atom. The minimum Gasteiger partial charge on any atom is -0.493 e. The molecule has 32 heavy (non-hydrogen) atoms. The number of ether oxygens (including phenoxy) is 3. The van der Waals surface area contributed by atoms with Gasteiger partial charge in [0, 0.05) is 22.7 Å². The molecule has 3 N–H and O–H groups in total. The molecule has 1 aliphatic carbocycles. The van der Waals surface area contributed by atoms with Gasteiger partial charge in [0.25, 0.3) is 0 Å². The van der Waals surface area contributed by atoms with E-state index in [0.29, 0.717) is 39.8 Å². The number of benzene rings is 1. The third kappa shape index (κ3) is 4.42. The Kier molecular flexibility index (Phi) is 6.61. The van der Waals surface area contributed by atoms with Gasteiger partial charge in [0.05, 0.1) is 32.5 Å². The van der Waals surface area contributed by atoms with E-state index in [0.717, 1.165) is 29.5 Å². The number of hydrogen-bond acceptors (Lipinski definition) is 9. The number of thioether (sulfide) groups is 1. The molecular weight excluding hydrogens is 448 g/mol. The zero-order valence-electron chi connectivity index (χ0n) is 18.5. The Morgan fingerprint density at radius 1 is 1.22 bits per heavy atom. The number of thiophene rings is 1. The molecule has 1 aliphatic rings. The lowest BCUT2D eigenvalue weighted by Crippen LogP contribution is -2.14. The molecule has 4 rings (SSSR count). The summed E-state index contributed by atoms with van der Waals surface area (Å²) in [6.07, 6.45) is 3.25. The number of anilines is 2. The highest BCUT2D eigenvalue weighted by Crippen LogP contribution is 2.41. The van der Waals surface area contributed by atoms with E-state index in [1.165, 1.54) is 43.5 Å². The van der Waals surface area contributed by atoms with Gasteiger partial charge in [-0.25, -0.2) is 9.97 Å². The second kappa shape index (κ2) is 9.41. The van der Waals surface area contributed by atoms with Gasteiger partial charge < -0.3 is 25.3 Å². The average molecular weight is 475 g/mol. The number of nitrogens with one attached hydrogen (secondary N) is 1. The Balaban J connectivity index is 1.47. The van der Waals surface area contributed by atoms with Crippen LogP contribution in [0.3, 0.4) is 0 Å². The van der Waals surface area contributed by atoms with Crippen molar-refractivity contribution in [1.82, 2.24) is 9.97 Å². The van der Waals surface area contributed by atoms with Crippen molar-refractivity contribution in [1.29, 1.82) is 0 Å². The number of nitrogens with two attached hydrogens (primary N) is 1. The molecule has 0 radical (unpaired) electrons. The van der Waals surface area contributed by atoms with E-state index in [4.69, 9.17) is 19.9 Å². The summed E-state index contributed by atoms with van der Waals surface area (Å²) in [7, 11) is 4.59. The van der Waals surface area contributed by atoms with Crippen LogP contribution in [0, 0.1) is 5.92 Å². The number of aryl methyl sites for hydroxylation is 1. The number of hydrogen-bond donors (Lipinski definition) is 2. The van der Waals surface area contributed by atoms with Crippen LogP contribution in [0.4, 0.5) is 11.5 Å². The van der Waals surface area contributed by atoms with Gasteiger partial charge in [0.2, 0.25) is 11.7 Å². The van der Waals surface area contributed by atoms with Crippen molar-refractivity contribution in [2.24, 2.45) is 5.92 Å². The van der Waals surface area contributed by atoms with Crippen LogP contribution in [0.1, 0.15) is 23.8 Å². The minimum atomic E-state index is -0.203. The quantitative estimate of drug-likeness (QED) is 0.388. The number of nitrogens with zero attached hydrogens (tertiary/aromatic N) is 2. The van der Waals surface area contributed by atoms with Crippen LogP contribution in [-0.2, 0) is 17.6 Å². The van der Waals surface area contributed by atoms with Gasteiger partial charge in [-0.1, -0.05) is 18.7 Å². The first-order chi connectivity index (χ1) is 15.4. The van der Waals surface area contributed by atoms with E-state index in [1.54, 1.807) is 23.5 Å². The average Bonchev–Trinajstić information content (AvgIpc) is 3.14. The first-order valence-corrected chi connectivity index (χ1v) is 12.0. The van der Waals surface area contributed by atoms with Crippen molar-refractivity contribution in [3.05, 3.63) is 22.6 Å². The summed E-state index contributed by atoms with van der Waals surface area (Å²) in [6, 6.07) is 3.36. The number of carbonyl (C=O) groups excluding carboxylic acids is 1. The number of fused-ring (bicyclic) bond motifs is 3. The molecule has 1 amide bonds. The third-order valence-corrected chi connectivity index (χ3v) is 7.44. The summed E-state index contributed by atoms with van der Waals surface area (Å²) >= 11 is 2.95. The van der Waals surface area contributed by atoms with E-state index in [2.05, 4.69) is 22.2 Å². The maximum atomic E-state index is 12.6. The number of rotatable bonds is 7. The van der Waals surface area contributed by atoms with Crippen molar-refractivity contribution in [3.8, 4) is 17.2 Å². The summed E-state index contributed by atoms with van der Waals surface area (Å²) in [5.41, 5.74) is 8.13. The van der Waals surface area contributed by atoms with E-state index in [9.17, 15) is 4.79 Å². The minimum absolute atomic E-state index is 0.143. The third-order valence-electron chi connectivity index (χ3n) is 5.44. The number of nitrogen functional groups attached to an aromatic ring is 1. The van der Waals surface area contributed by atoms with E-state index < -0.39 is 0 Å². The largest absolute Gasteiger partial charge is 0.493 e. The van der Waals surface area contributed by atoms with Gasteiger partial charge in [-0.2, -0.15) is 0 Å². The maximum absolute atomic E-state index is 12.6. The van der Waals surface area contributed by atoms with Gasteiger partial charge in [-0.3, -0.25) is 4.79 Å². The SMILES string of the molecule is COc1cc(NC(=O)CSc2nc(N)c3c4c(sc3n2)CC(C)CC4)cc(OC)c1OC. The molecule has 170 valence electrons. The lowest BCUT2D eigenvalue weighted by Gasteiger charge is -2.17. The normalized spacial score (nSPS) is 15.3. The van der Waals surface area contributed by atoms with Gasteiger partial charge in [-0.15, -0.1) is 11.3 Å². The Hall–Kier alpha value is -2.72. The van der Waals surface area contributed by atoms with Crippen molar-refractivity contribution in [2.75, 3.05) is 38.1 Å². The molecule has 3 aromatic rings. The van der Waals surface area contributed by atoms with E-state index in [-0.39, 0.29) is 11.7 Å². The molecule has 1 unspecified atom stereocenters. The summed E-state index contributed by atoms with van der Waals surface area (Å²) in [5.74, 6) is 2.51. The monoisotopic (exact) mass is 474 g/mol. The zero-order valence-corrected chi connectivity index (χ0v) is 20.1. The standard InChI is InChI=1S/C22H26N4O4S2/c1-11-5-6-13-16(7-11)32-21-18(13)20(23)25-22(26-21)31-10-17(27)24-12-8-14(28-2)19(30-4)15(9-12)29-3/h8-9,11H,5-7,10H2,1-4H3,(H,24,27)(H2,23,25,26). The van der Waals surface area contributed by atoms with Crippen molar-refractivity contribution in [2.45, 2.75) is 31.3 Å². The maximum Gasteiger partial charge on any atom is 0.234 e. The molecule has 0 saturated heterocycles. The Bertz CT molecular complexity index is 1140. The van der Waals surface area contributed by atoms with Crippen LogP contribution >= 0.6 is 23.1 Å². The molecule has 0 spiro atoms. The molecule has 2 heterocycles. The summed E-state index contributed by atoms with van der Waals surface area (Å²) in [4.78, 5) is 24.0. The molecule has 8 nitrogen and oxygen atoms in total. The van der Waals surface area contributed by atoms with E-state index >= 15 is 0 Å². The smallest absolute Gasteiger partial charge is 0.234 e. The lowest BCUT2D eigenvalue weighted by molar-refractivity contribution is -0.113. The highest BCUT2D eigenvalue weighted by atomic mass is 32.2. The summed E-state index contributed by atoms with van der Waals surface area (Å²) < 4.78 is 16.0. The Labute approximate surface area is 194 Å². The van der Waals surface area contributed by atoms with Crippen LogP contribution < -0.4 is 25.3 Å². The van der Waals surface area contributed by atoms with Gasteiger partial charge in [0.15, 0.2) is 16.7 Å². The fraction of sp³-hybridized carbons (Fsp3) is 0.409. The van der Waals surface area contributed by atoms with Crippen LogP contribution in [0.5, 0.6) is 17.2 Å². The molecule has 10 heteroatoms. The molecular formula is C22H26N4O4S2. The summed E-state index contributed by atoms with van der Waals surface area (Å²) in [5, 5.41) is 4.34. The molecule has 2 aromatic heterocycles. The predicted molar refractivity (Wildman–Crippen MR) is 128 cm³/mol. The van der Waals surface area contributed by atoms with Crippen LogP contribution in [0.25, 0.3) is 10.2 Å². The topological polar surface area (TPSA) is 109 Å². The molecule has 1 aromatic carbocycles. The van der Waals surface area contributed by atoms with E-state index in [1.807, 2.05) is 0 Å². The number of methoxy groups -OCH3 is 3. The van der Waals surface area contributed by atoms with Gasteiger partial charge in [-0.05, 0) is 30.7 Å². The van der Waals surface area contributed by atoms with Gasteiger partial charge in [0.1, 0.15) is 10.6 Å². The highest BCUT2D eigenvalue weighted by molar-refractivity contribution is 7.99. The van der Waals surface area contributed by atoms with Gasteiger partial charge >= 0.3 is 0 Å². The zero-order chi connectivity index (χ0) is 22.8. The first kappa shape index (κ1) is 22.5. The first-order valence-electron chi connectivity index (χ1n) is 10.2. The second-order valence-electron chi connectivity index (χ2n) is 7.67. The molecule has 0 bridgehead atoms. The van der Waals surface area contributed by atoms with Crippen LogP contribution in [0.15, 0.2) is 17.3 Å². The van der Waals surface area contributed by atoms with Crippen molar-refractivity contribution in [3.63, 3.8) is 0 Å². The fourth-order valence-electron chi connectivity index (χ4n) is 3.90.